The van der Waals surface area contributed by atoms with Crippen LogP contribution in [0.4, 0.5) is 19.1 Å². The number of ether oxygens (including phenoxy) is 1. The van der Waals surface area contributed by atoms with Crippen LogP contribution in [0.2, 0.25) is 0 Å². The number of piperidine rings is 1. The predicted octanol–water partition coefficient (Wildman–Crippen LogP) is 2.20. The second-order valence-corrected chi connectivity index (χ2v) is 10.5. The van der Waals surface area contributed by atoms with E-state index in [1.165, 1.54) is 11.6 Å². The van der Waals surface area contributed by atoms with Gasteiger partial charge in [-0.15, -0.1) is 10.2 Å². The summed E-state index contributed by atoms with van der Waals surface area (Å²) in [5.41, 5.74) is 2.86. The molecule has 1 N–H and O–H groups in total. The van der Waals surface area contributed by atoms with Gasteiger partial charge in [0.2, 0.25) is 21.9 Å². The largest absolute Gasteiger partial charge is 0.479 e. The van der Waals surface area contributed by atoms with Gasteiger partial charge in [0.25, 0.3) is 6.43 Å². The van der Waals surface area contributed by atoms with Crippen molar-refractivity contribution < 1.29 is 26.3 Å². The summed E-state index contributed by atoms with van der Waals surface area (Å²) < 4.78 is 73.3. The van der Waals surface area contributed by atoms with E-state index in [1.807, 2.05) is 0 Å². The third-order valence-corrected chi connectivity index (χ3v) is 7.37. The maximum absolute atomic E-state index is 14.7. The van der Waals surface area contributed by atoms with Crippen molar-refractivity contribution in [1.29, 1.82) is 0 Å². The van der Waals surface area contributed by atoms with Gasteiger partial charge in [0.1, 0.15) is 23.7 Å². The van der Waals surface area contributed by atoms with Crippen LogP contribution in [0.3, 0.4) is 0 Å². The summed E-state index contributed by atoms with van der Waals surface area (Å²) in [5, 5.41) is 15.1. The molecule has 1 aromatic carbocycles. The van der Waals surface area contributed by atoms with Crippen molar-refractivity contribution in [1.82, 2.24) is 33.9 Å². The third kappa shape index (κ3) is 4.55. The number of methoxy groups -OCH3 is 1. The summed E-state index contributed by atoms with van der Waals surface area (Å²) in [6.45, 7) is -0.636. The smallest absolute Gasteiger partial charge is 0.258 e. The predicted molar refractivity (Wildman–Crippen MR) is 125 cm³/mol. The third-order valence-electron chi connectivity index (χ3n) is 6.10. The van der Waals surface area contributed by atoms with Crippen molar-refractivity contribution in [3.05, 3.63) is 30.5 Å². The molecule has 0 bridgehead atoms. The van der Waals surface area contributed by atoms with Crippen molar-refractivity contribution in [3.8, 4) is 17.0 Å². The molecule has 2 atom stereocenters. The quantitative estimate of drug-likeness (QED) is 0.391. The molecule has 0 saturated carbocycles. The van der Waals surface area contributed by atoms with Gasteiger partial charge in [-0.05, 0) is 30.2 Å². The fourth-order valence-electron chi connectivity index (χ4n) is 4.33. The lowest BCUT2D eigenvalue weighted by Crippen LogP contribution is -2.49. The number of benzene rings is 1. The molecular weight excluding hydrogens is 501 g/mol. The van der Waals surface area contributed by atoms with Crippen LogP contribution in [0, 0.1) is 0 Å². The normalized spacial score (nSPS) is 19.4. The van der Waals surface area contributed by atoms with Crippen LogP contribution in [0.25, 0.3) is 27.7 Å². The lowest BCUT2D eigenvalue weighted by atomic mass is 10.1. The van der Waals surface area contributed by atoms with Crippen molar-refractivity contribution in [2.45, 2.75) is 31.6 Å². The van der Waals surface area contributed by atoms with Gasteiger partial charge in [0, 0.05) is 24.8 Å². The number of nitrogens with one attached hydrogen (secondary N) is 1. The van der Waals surface area contributed by atoms with E-state index < -0.39 is 35.2 Å². The molecule has 5 rings (SSSR count). The zero-order valence-corrected chi connectivity index (χ0v) is 20.2. The zero-order valence-electron chi connectivity index (χ0n) is 19.3. The number of alkyl halides is 3. The molecule has 0 spiro atoms. The number of nitrogens with zero attached hydrogens (tertiary/aromatic N) is 7. The Morgan fingerprint density at radius 1 is 1.28 bits per heavy atom. The first-order valence-electron chi connectivity index (χ1n) is 11.0. The Hall–Kier alpha value is -3.46. The number of aromatic nitrogens is 6. The van der Waals surface area contributed by atoms with Gasteiger partial charge in [-0.1, -0.05) is 11.3 Å². The summed E-state index contributed by atoms with van der Waals surface area (Å²) in [6.07, 6.45) is -1.04. The minimum atomic E-state index is -3.47. The molecule has 0 aliphatic carbocycles. The molecule has 1 saturated heterocycles. The van der Waals surface area contributed by atoms with E-state index in [9.17, 15) is 21.6 Å². The Bertz CT molecular complexity index is 1520. The van der Waals surface area contributed by atoms with Gasteiger partial charge in [0.05, 0.1) is 24.9 Å². The van der Waals surface area contributed by atoms with Gasteiger partial charge in [-0.2, -0.15) is 9.29 Å². The maximum atomic E-state index is 14.7. The second kappa shape index (κ2) is 9.20. The molecule has 0 amide bonds. The van der Waals surface area contributed by atoms with Crippen LogP contribution in [-0.2, 0) is 16.6 Å². The lowest BCUT2D eigenvalue weighted by molar-refractivity contribution is 0.122. The van der Waals surface area contributed by atoms with Gasteiger partial charge in [-0.25, -0.2) is 30.8 Å². The van der Waals surface area contributed by atoms with Gasteiger partial charge in [0.15, 0.2) is 0 Å². The van der Waals surface area contributed by atoms with Crippen LogP contribution in [-0.4, -0.2) is 87.4 Å². The minimum Gasteiger partial charge on any atom is -0.479 e. The van der Waals surface area contributed by atoms with E-state index >= 15 is 0 Å². The lowest BCUT2D eigenvalue weighted by Gasteiger charge is -2.33. The highest BCUT2D eigenvalue weighted by atomic mass is 32.2. The minimum absolute atomic E-state index is 0.122. The number of hydrogen-bond acceptors (Lipinski definition) is 8. The summed E-state index contributed by atoms with van der Waals surface area (Å²) in [5.74, 6) is 0.340. The molecule has 0 radical (unpaired) electrons. The number of sulfonamides is 1. The maximum Gasteiger partial charge on any atom is 0.258 e. The monoisotopic (exact) mass is 524 g/mol. The molecule has 15 heteroatoms. The summed E-state index contributed by atoms with van der Waals surface area (Å²) in [6, 6.07) is 6.29. The highest BCUT2D eigenvalue weighted by molar-refractivity contribution is 7.88. The average Bonchev–Trinajstić information content (AvgIpc) is 3.43. The van der Waals surface area contributed by atoms with Crippen molar-refractivity contribution >= 4 is 32.5 Å². The summed E-state index contributed by atoms with van der Waals surface area (Å²) in [7, 11) is -2.03. The standard InChI is InChI=1S/C21H23F3N8O3S/c1-35-20-19-13(12-3-4-16-17(9-12)32(29-27-16)11-18(23)24)5-8-31(19)28-21(26-20)25-15-6-7-30(10-14(15)22)36(2,33)34/h3-5,8-9,14-15,18H,6-7,10-11H2,1-2H3,(H,25,28)/t14-,15+/m1/s1. The van der Waals surface area contributed by atoms with E-state index in [0.29, 0.717) is 27.7 Å². The van der Waals surface area contributed by atoms with E-state index in [0.717, 1.165) is 15.2 Å². The molecule has 1 fully saturated rings. The van der Waals surface area contributed by atoms with Crippen molar-refractivity contribution in [2.24, 2.45) is 0 Å². The van der Waals surface area contributed by atoms with Crippen LogP contribution in [0.15, 0.2) is 30.5 Å². The molecule has 1 aliphatic heterocycles. The molecule has 4 aromatic rings. The Morgan fingerprint density at radius 2 is 2.08 bits per heavy atom. The molecule has 3 aromatic heterocycles. The van der Waals surface area contributed by atoms with E-state index in [1.54, 1.807) is 30.5 Å². The van der Waals surface area contributed by atoms with Gasteiger partial charge >= 0.3 is 0 Å². The van der Waals surface area contributed by atoms with E-state index in [4.69, 9.17) is 4.74 Å². The topological polar surface area (TPSA) is 120 Å². The highest BCUT2D eigenvalue weighted by Crippen LogP contribution is 2.33. The molecule has 4 heterocycles. The first kappa shape index (κ1) is 24.2. The fourth-order valence-corrected chi connectivity index (χ4v) is 5.18. The Labute approximate surface area is 203 Å². The number of halogens is 3. The number of rotatable bonds is 7. The molecule has 1 aliphatic rings. The molecular formula is C21H23F3N8O3S. The Balaban J connectivity index is 1.46. The molecule has 192 valence electrons. The number of hydrogen-bond donors (Lipinski definition) is 1. The van der Waals surface area contributed by atoms with Gasteiger partial charge < -0.3 is 10.1 Å². The Morgan fingerprint density at radius 3 is 2.78 bits per heavy atom. The number of fused-ring (bicyclic) bond motifs is 2. The molecule has 11 nitrogen and oxygen atoms in total. The van der Waals surface area contributed by atoms with E-state index in [2.05, 4.69) is 25.7 Å². The molecule has 0 unspecified atom stereocenters. The SMILES string of the molecule is COc1nc(N[C@H]2CCN(S(C)(=O)=O)C[C@H]2F)nn2ccc(-c3ccc4nnn(CC(F)F)c4c3)c12. The molecule has 36 heavy (non-hydrogen) atoms. The van der Waals surface area contributed by atoms with Crippen molar-refractivity contribution in [2.75, 3.05) is 31.8 Å². The summed E-state index contributed by atoms with van der Waals surface area (Å²) >= 11 is 0. The van der Waals surface area contributed by atoms with Crippen molar-refractivity contribution in [3.63, 3.8) is 0 Å². The second-order valence-electron chi connectivity index (χ2n) is 8.51. The van der Waals surface area contributed by atoms with Gasteiger partial charge in [-0.3, -0.25) is 0 Å². The van der Waals surface area contributed by atoms with Crippen LogP contribution < -0.4 is 10.1 Å². The first-order chi connectivity index (χ1) is 17.1. The summed E-state index contributed by atoms with van der Waals surface area (Å²) in [4.78, 5) is 4.39. The fraction of sp³-hybridized carbons (Fsp3) is 0.429. The number of anilines is 1. The first-order valence-corrected chi connectivity index (χ1v) is 12.9. The van der Waals surface area contributed by atoms with Crippen LogP contribution >= 0.6 is 0 Å². The van der Waals surface area contributed by atoms with E-state index in [-0.39, 0.29) is 31.3 Å². The highest BCUT2D eigenvalue weighted by Gasteiger charge is 2.34. The average molecular weight is 525 g/mol. The van der Waals surface area contributed by atoms with Crippen LogP contribution in [0.5, 0.6) is 5.88 Å². The van der Waals surface area contributed by atoms with Crippen LogP contribution in [0.1, 0.15) is 6.42 Å². The Kier molecular flexibility index (Phi) is 6.20. The zero-order chi connectivity index (χ0) is 25.6.